The van der Waals surface area contributed by atoms with Gasteiger partial charge in [0.25, 0.3) is 0 Å². The van der Waals surface area contributed by atoms with Crippen molar-refractivity contribution in [2.75, 3.05) is 0 Å². The van der Waals surface area contributed by atoms with Gasteiger partial charge in [0.1, 0.15) is 11.9 Å². The molecule has 2 aromatic rings. The van der Waals surface area contributed by atoms with E-state index in [1.165, 1.54) is 24.5 Å². The van der Waals surface area contributed by atoms with Crippen molar-refractivity contribution in [3.8, 4) is 0 Å². The lowest BCUT2D eigenvalue weighted by Gasteiger charge is -2.12. The molecule has 1 fully saturated rings. The zero-order valence-electron chi connectivity index (χ0n) is 14.8. The number of nitrogens with one attached hydrogen (secondary N) is 1. The molecule has 0 saturated carbocycles. The number of rotatable bonds is 6. The van der Waals surface area contributed by atoms with Crippen LogP contribution in [0.5, 0.6) is 0 Å². The molecule has 1 N–H and O–H groups in total. The second-order valence-corrected chi connectivity index (χ2v) is 8.02. The molecule has 0 amide bonds. The van der Waals surface area contributed by atoms with Crippen molar-refractivity contribution >= 4 is 22.0 Å². The van der Waals surface area contributed by atoms with E-state index in [0.29, 0.717) is 11.3 Å². The maximum Gasteiger partial charge on any atom is 0.347 e. The third kappa shape index (κ3) is 4.37. The highest BCUT2D eigenvalue weighted by molar-refractivity contribution is 7.89. The predicted molar refractivity (Wildman–Crippen MR) is 93.3 cm³/mol. The summed E-state index contributed by atoms with van der Waals surface area (Å²) in [6.07, 6.45) is 0.406. The zero-order chi connectivity index (χ0) is 19.6. The average molecular weight is 393 g/mol. The first-order chi connectivity index (χ1) is 12.8. The van der Waals surface area contributed by atoms with Crippen LogP contribution < -0.4 is 4.72 Å². The zero-order valence-corrected chi connectivity index (χ0v) is 15.6. The minimum Gasteiger partial charge on any atom is -0.468 e. The van der Waals surface area contributed by atoms with Gasteiger partial charge in [-0.1, -0.05) is 6.07 Å². The molecule has 1 aliphatic rings. The van der Waals surface area contributed by atoms with Crippen LogP contribution in [0.1, 0.15) is 35.0 Å². The lowest BCUT2D eigenvalue weighted by atomic mass is 10.1. The standard InChI is InChI=1S/C18H19NO7S/c1-11-5-6-14(27(22,23)19-10-13-4-3-7-24-13)9-15(11)17(20)26-16-8-12(2)25-18(16)21/h3-7,9,12,16,19H,8,10H2,1-2H3. The average Bonchev–Trinajstić information content (AvgIpc) is 3.23. The first-order valence-corrected chi connectivity index (χ1v) is 9.79. The van der Waals surface area contributed by atoms with Gasteiger partial charge in [0, 0.05) is 6.42 Å². The van der Waals surface area contributed by atoms with Crippen molar-refractivity contribution < 1.29 is 31.9 Å². The summed E-state index contributed by atoms with van der Waals surface area (Å²) < 4.78 is 42.6. The van der Waals surface area contributed by atoms with Crippen LogP contribution in [-0.2, 0) is 30.8 Å². The summed E-state index contributed by atoms with van der Waals surface area (Å²) in [5.41, 5.74) is 0.604. The van der Waals surface area contributed by atoms with Crippen LogP contribution in [0.2, 0.25) is 0 Å². The molecule has 0 radical (unpaired) electrons. The van der Waals surface area contributed by atoms with Gasteiger partial charge in [-0.2, -0.15) is 0 Å². The summed E-state index contributed by atoms with van der Waals surface area (Å²) in [5, 5.41) is 0. The summed E-state index contributed by atoms with van der Waals surface area (Å²) in [5.74, 6) is -0.914. The van der Waals surface area contributed by atoms with E-state index in [2.05, 4.69) is 4.72 Å². The van der Waals surface area contributed by atoms with E-state index in [1.54, 1.807) is 26.0 Å². The molecule has 3 rings (SSSR count). The number of ether oxygens (including phenoxy) is 2. The molecule has 9 heteroatoms. The van der Waals surface area contributed by atoms with Crippen LogP contribution in [0, 0.1) is 6.92 Å². The number of carbonyl (C=O) groups excluding carboxylic acids is 2. The maximum atomic E-state index is 12.5. The molecule has 0 aliphatic carbocycles. The van der Waals surface area contributed by atoms with Crippen LogP contribution in [0.4, 0.5) is 0 Å². The first-order valence-electron chi connectivity index (χ1n) is 8.30. The molecule has 8 nitrogen and oxygen atoms in total. The number of carbonyl (C=O) groups is 2. The molecule has 2 heterocycles. The Morgan fingerprint density at radius 2 is 2.11 bits per heavy atom. The molecule has 2 atom stereocenters. The number of esters is 2. The van der Waals surface area contributed by atoms with Gasteiger partial charge in [0.05, 0.1) is 23.3 Å². The summed E-state index contributed by atoms with van der Waals surface area (Å²) >= 11 is 0. The second kappa shape index (κ2) is 7.53. The Bertz CT molecular complexity index is 950. The number of aryl methyl sites for hydroxylation is 1. The molecule has 1 aliphatic heterocycles. The van der Waals surface area contributed by atoms with Crippen LogP contribution >= 0.6 is 0 Å². The minimum atomic E-state index is -3.87. The predicted octanol–water partition coefficient (Wildman–Crippen LogP) is 1.93. The Balaban J connectivity index is 1.77. The Kier molecular flexibility index (Phi) is 5.33. The van der Waals surface area contributed by atoms with E-state index >= 15 is 0 Å². The van der Waals surface area contributed by atoms with Gasteiger partial charge in [-0.25, -0.2) is 22.7 Å². The molecule has 2 unspecified atom stereocenters. The van der Waals surface area contributed by atoms with Crippen LogP contribution in [0.15, 0.2) is 45.9 Å². The number of furan rings is 1. The van der Waals surface area contributed by atoms with Crippen LogP contribution in [0.3, 0.4) is 0 Å². The van der Waals surface area contributed by atoms with E-state index in [9.17, 15) is 18.0 Å². The monoisotopic (exact) mass is 393 g/mol. The Hall–Kier alpha value is -2.65. The molecular weight excluding hydrogens is 374 g/mol. The summed E-state index contributed by atoms with van der Waals surface area (Å²) in [6.45, 7) is 3.34. The first kappa shape index (κ1) is 19.1. The van der Waals surface area contributed by atoms with Crippen molar-refractivity contribution in [3.05, 3.63) is 53.5 Å². The highest BCUT2D eigenvalue weighted by Gasteiger charge is 2.35. The topological polar surface area (TPSA) is 112 Å². The number of cyclic esters (lactones) is 1. The summed E-state index contributed by atoms with van der Waals surface area (Å²) in [7, 11) is -3.87. The minimum absolute atomic E-state index is 0.0191. The number of sulfonamides is 1. The largest absolute Gasteiger partial charge is 0.468 e. The lowest BCUT2D eigenvalue weighted by Crippen LogP contribution is -2.25. The normalized spacial score (nSPS) is 19.7. The third-order valence-electron chi connectivity index (χ3n) is 4.13. The van der Waals surface area contributed by atoms with E-state index in [4.69, 9.17) is 13.9 Å². The van der Waals surface area contributed by atoms with E-state index in [-0.39, 0.29) is 29.5 Å². The summed E-state index contributed by atoms with van der Waals surface area (Å²) in [4.78, 5) is 24.0. The maximum absolute atomic E-state index is 12.5. The van der Waals surface area contributed by atoms with Gasteiger partial charge >= 0.3 is 11.9 Å². The molecule has 27 heavy (non-hydrogen) atoms. The fourth-order valence-corrected chi connectivity index (χ4v) is 3.68. The Morgan fingerprint density at radius 1 is 1.33 bits per heavy atom. The highest BCUT2D eigenvalue weighted by atomic mass is 32.2. The molecule has 1 aromatic heterocycles. The molecule has 0 bridgehead atoms. The van der Waals surface area contributed by atoms with Crippen molar-refractivity contribution in [3.63, 3.8) is 0 Å². The van der Waals surface area contributed by atoms with E-state index < -0.39 is 28.1 Å². The van der Waals surface area contributed by atoms with Gasteiger partial charge < -0.3 is 13.9 Å². The van der Waals surface area contributed by atoms with E-state index in [1.807, 2.05) is 0 Å². The quantitative estimate of drug-likeness (QED) is 0.746. The lowest BCUT2D eigenvalue weighted by molar-refractivity contribution is -0.147. The highest BCUT2D eigenvalue weighted by Crippen LogP contribution is 2.22. The third-order valence-corrected chi connectivity index (χ3v) is 5.53. The molecule has 144 valence electrons. The van der Waals surface area contributed by atoms with Crippen molar-refractivity contribution in [2.24, 2.45) is 0 Å². The SMILES string of the molecule is Cc1ccc(S(=O)(=O)NCc2ccco2)cc1C(=O)OC1CC(C)OC1=O. The summed E-state index contributed by atoms with van der Waals surface area (Å²) in [6, 6.07) is 7.42. The molecule has 1 aromatic carbocycles. The molecular formula is C18H19NO7S. The van der Waals surface area contributed by atoms with Gasteiger partial charge in [-0.3, -0.25) is 0 Å². The number of hydrogen-bond acceptors (Lipinski definition) is 7. The number of benzene rings is 1. The second-order valence-electron chi connectivity index (χ2n) is 6.26. The smallest absolute Gasteiger partial charge is 0.347 e. The van der Waals surface area contributed by atoms with Crippen molar-refractivity contribution in [2.45, 2.75) is 43.9 Å². The van der Waals surface area contributed by atoms with Crippen molar-refractivity contribution in [1.82, 2.24) is 4.72 Å². The van der Waals surface area contributed by atoms with Gasteiger partial charge in [-0.05, 0) is 43.7 Å². The van der Waals surface area contributed by atoms with E-state index in [0.717, 1.165) is 0 Å². The van der Waals surface area contributed by atoms with Gasteiger partial charge in [-0.15, -0.1) is 0 Å². The number of hydrogen-bond donors (Lipinski definition) is 1. The molecule has 1 saturated heterocycles. The fourth-order valence-electron chi connectivity index (χ4n) is 2.66. The van der Waals surface area contributed by atoms with Gasteiger partial charge in [0.15, 0.2) is 0 Å². The van der Waals surface area contributed by atoms with Gasteiger partial charge in [0.2, 0.25) is 16.1 Å². The van der Waals surface area contributed by atoms with Crippen molar-refractivity contribution in [1.29, 1.82) is 0 Å². The molecule has 0 spiro atoms. The Morgan fingerprint density at radius 3 is 2.74 bits per heavy atom. The Labute approximate surface area is 156 Å². The van der Waals surface area contributed by atoms with Crippen LogP contribution in [0.25, 0.3) is 0 Å². The fraction of sp³-hybridized carbons (Fsp3) is 0.333. The van der Waals surface area contributed by atoms with Crippen LogP contribution in [-0.4, -0.2) is 32.6 Å².